The van der Waals surface area contributed by atoms with E-state index in [2.05, 4.69) is 24.1 Å². The molecule has 0 amide bonds. The van der Waals surface area contributed by atoms with Gasteiger partial charge in [-0.05, 0) is 31.2 Å². The summed E-state index contributed by atoms with van der Waals surface area (Å²) in [5.41, 5.74) is 2.11. The van der Waals surface area contributed by atoms with Crippen molar-refractivity contribution in [3.05, 3.63) is 33.9 Å². The molecule has 1 fully saturated rings. The van der Waals surface area contributed by atoms with Crippen LogP contribution in [0, 0.1) is 23.0 Å². The largest absolute Gasteiger partial charge is 0.382 e. The molecule has 116 valence electrons. The summed E-state index contributed by atoms with van der Waals surface area (Å²) >= 11 is 0. The second-order valence-corrected chi connectivity index (χ2v) is 6.37. The van der Waals surface area contributed by atoms with Gasteiger partial charge in [0.2, 0.25) is 0 Å². The van der Waals surface area contributed by atoms with Crippen molar-refractivity contribution in [1.29, 1.82) is 0 Å². The molecule has 2 rings (SSSR count). The average Bonchev–Trinajstić information content (AvgIpc) is 2.42. The number of nitro groups is 1. The molecule has 21 heavy (non-hydrogen) atoms. The van der Waals surface area contributed by atoms with Gasteiger partial charge in [-0.15, -0.1) is 0 Å². The van der Waals surface area contributed by atoms with Crippen molar-refractivity contribution in [3.63, 3.8) is 0 Å². The monoisotopic (exact) mass is 291 g/mol. The molecule has 0 unspecified atom stereocenters. The zero-order valence-electron chi connectivity index (χ0n) is 13.1. The second kappa shape index (κ2) is 6.89. The van der Waals surface area contributed by atoms with Crippen molar-refractivity contribution in [3.8, 4) is 0 Å². The van der Waals surface area contributed by atoms with Crippen molar-refractivity contribution >= 4 is 11.4 Å². The van der Waals surface area contributed by atoms with Gasteiger partial charge >= 0.3 is 0 Å². The number of hydrogen-bond donors (Lipinski definition) is 1. The van der Waals surface area contributed by atoms with Gasteiger partial charge in [0.1, 0.15) is 0 Å². The standard InChI is InChI=1S/C16H25N3O2/c1-12(2)11-18-8-6-14(7-9-18)17-16-10-15(19(20)21)5-4-13(16)3/h4-5,10,12,14,17H,6-9,11H2,1-3H3. The highest BCUT2D eigenvalue weighted by Gasteiger charge is 2.20. The SMILES string of the molecule is Cc1ccc([N+](=O)[O-])cc1NC1CCN(CC(C)C)CC1. The van der Waals surface area contributed by atoms with Crippen molar-refractivity contribution < 1.29 is 4.92 Å². The van der Waals surface area contributed by atoms with Gasteiger partial charge in [-0.3, -0.25) is 10.1 Å². The highest BCUT2D eigenvalue weighted by atomic mass is 16.6. The molecule has 0 aromatic heterocycles. The molecule has 0 atom stereocenters. The number of nitrogens with zero attached hydrogens (tertiary/aromatic N) is 2. The van der Waals surface area contributed by atoms with Crippen LogP contribution in [0.25, 0.3) is 0 Å². The Morgan fingerprint density at radius 2 is 2.05 bits per heavy atom. The number of aryl methyl sites for hydroxylation is 1. The molecule has 0 radical (unpaired) electrons. The normalized spacial score (nSPS) is 17.1. The average molecular weight is 291 g/mol. The Bertz CT molecular complexity index is 494. The Morgan fingerprint density at radius 3 is 2.62 bits per heavy atom. The summed E-state index contributed by atoms with van der Waals surface area (Å²) in [7, 11) is 0. The summed E-state index contributed by atoms with van der Waals surface area (Å²) in [5, 5.41) is 14.4. The maximum Gasteiger partial charge on any atom is 0.271 e. The van der Waals surface area contributed by atoms with Crippen LogP contribution in [0.4, 0.5) is 11.4 Å². The van der Waals surface area contributed by atoms with Crippen LogP contribution in [-0.4, -0.2) is 35.5 Å². The molecule has 0 bridgehead atoms. The molecule has 1 aromatic rings. The van der Waals surface area contributed by atoms with Gasteiger partial charge in [0.05, 0.1) is 4.92 Å². The van der Waals surface area contributed by atoms with Crippen LogP contribution in [0.1, 0.15) is 32.3 Å². The van der Waals surface area contributed by atoms with E-state index >= 15 is 0 Å². The van der Waals surface area contributed by atoms with Crippen LogP contribution in [-0.2, 0) is 0 Å². The molecular formula is C16H25N3O2. The van der Waals surface area contributed by atoms with Gasteiger partial charge < -0.3 is 10.2 Å². The van der Waals surface area contributed by atoms with E-state index in [1.807, 2.05) is 13.0 Å². The van der Waals surface area contributed by atoms with Crippen LogP contribution in [0.3, 0.4) is 0 Å². The van der Waals surface area contributed by atoms with Crippen LogP contribution in [0.15, 0.2) is 18.2 Å². The number of likely N-dealkylation sites (tertiary alicyclic amines) is 1. The van der Waals surface area contributed by atoms with E-state index in [9.17, 15) is 10.1 Å². The number of non-ortho nitro benzene ring substituents is 1. The zero-order chi connectivity index (χ0) is 15.4. The highest BCUT2D eigenvalue weighted by molar-refractivity contribution is 5.57. The summed E-state index contributed by atoms with van der Waals surface area (Å²) in [4.78, 5) is 13.0. The minimum atomic E-state index is -0.337. The molecule has 0 spiro atoms. The predicted octanol–water partition coefficient (Wildman–Crippen LogP) is 3.44. The minimum Gasteiger partial charge on any atom is -0.382 e. The zero-order valence-corrected chi connectivity index (χ0v) is 13.1. The lowest BCUT2D eigenvalue weighted by atomic mass is 10.0. The Labute approximate surface area is 126 Å². The Morgan fingerprint density at radius 1 is 1.38 bits per heavy atom. The van der Waals surface area contributed by atoms with Crippen LogP contribution < -0.4 is 5.32 Å². The fourth-order valence-electron chi connectivity index (χ4n) is 2.88. The first kappa shape index (κ1) is 15.8. The van der Waals surface area contributed by atoms with Crippen LogP contribution >= 0.6 is 0 Å². The van der Waals surface area contributed by atoms with E-state index in [0.29, 0.717) is 12.0 Å². The Hall–Kier alpha value is -1.62. The molecule has 1 aliphatic heterocycles. The third kappa shape index (κ3) is 4.43. The molecular weight excluding hydrogens is 266 g/mol. The fraction of sp³-hybridized carbons (Fsp3) is 0.625. The van der Waals surface area contributed by atoms with Crippen molar-refractivity contribution in [1.82, 2.24) is 4.90 Å². The number of nitro benzene ring substituents is 1. The molecule has 1 N–H and O–H groups in total. The van der Waals surface area contributed by atoms with Crippen molar-refractivity contribution in [2.24, 2.45) is 5.92 Å². The van der Waals surface area contributed by atoms with E-state index in [1.165, 1.54) is 0 Å². The Balaban J connectivity index is 1.94. The van der Waals surface area contributed by atoms with Gasteiger partial charge in [0.15, 0.2) is 0 Å². The first-order valence-electron chi connectivity index (χ1n) is 7.69. The lowest BCUT2D eigenvalue weighted by Crippen LogP contribution is -2.40. The quantitative estimate of drug-likeness (QED) is 0.667. The molecule has 1 aliphatic rings. The minimum absolute atomic E-state index is 0.153. The van der Waals surface area contributed by atoms with Gasteiger partial charge in [-0.1, -0.05) is 19.9 Å². The highest BCUT2D eigenvalue weighted by Crippen LogP contribution is 2.24. The summed E-state index contributed by atoms with van der Waals surface area (Å²) in [6.45, 7) is 9.84. The van der Waals surface area contributed by atoms with Gasteiger partial charge in [-0.25, -0.2) is 0 Å². The van der Waals surface area contributed by atoms with Crippen molar-refractivity contribution in [2.75, 3.05) is 25.0 Å². The number of anilines is 1. The number of piperidine rings is 1. The number of benzene rings is 1. The molecule has 1 saturated heterocycles. The summed E-state index contributed by atoms with van der Waals surface area (Å²) in [6.07, 6.45) is 2.18. The third-order valence-electron chi connectivity index (χ3n) is 4.00. The lowest BCUT2D eigenvalue weighted by Gasteiger charge is -2.34. The second-order valence-electron chi connectivity index (χ2n) is 6.37. The topological polar surface area (TPSA) is 58.4 Å². The van der Waals surface area contributed by atoms with E-state index < -0.39 is 0 Å². The van der Waals surface area contributed by atoms with Crippen LogP contribution in [0.2, 0.25) is 0 Å². The lowest BCUT2D eigenvalue weighted by molar-refractivity contribution is -0.384. The van der Waals surface area contributed by atoms with E-state index in [-0.39, 0.29) is 10.6 Å². The fourth-order valence-corrected chi connectivity index (χ4v) is 2.88. The number of hydrogen-bond acceptors (Lipinski definition) is 4. The number of nitrogens with one attached hydrogen (secondary N) is 1. The first-order valence-corrected chi connectivity index (χ1v) is 7.69. The van der Waals surface area contributed by atoms with Crippen LogP contribution in [0.5, 0.6) is 0 Å². The number of rotatable bonds is 5. The first-order chi connectivity index (χ1) is 9.95. The predicted molar refractivity (Wildman–Crippen MR) is 85.8 cm³/mol. The van der Waals surface area contributed by atoms with E-state index in [1.54, 1.807) is 12.1 Å². The molecule has 5 heteroatoms. The molecule has 5 nitrogen and oxygen atoms in total. The smallest absolute Gasteiger partial charge is 0.271 e. The van der Waals surface area contributed by atoms with Crippen molar-refractivity contribution in [2.45, 2.75) is 39.7 Å². The van der Waals surface area contributed by atoms with E-state index in [4.69, 9.17) is 0 Å². The molecule has 0 aliphatic carbocycles. The van der Waals surface area contributed by atoms with Gasteiger partial charge in [-0.2, -0.15) is 0 Å². The summed E-state index contributed by atoms with van der Waals surface area (Å²) in [5.74, 6) is 0.702. The molecule has 1 aromatic carbocycles. The van der Waals surface area contributed by atoms with Gasteiger partial charge in [0, 0.05) is 43.5 Å². The maximum absolute atomic E-state index is 10.9. The molecule has 1 heterocycles. The van der Waals surface area contributed by atoms with Gasteiger partial charge in [0.25, 0.3) is 5.69 Å². The summed E-state index contributed by atoms with van der Waals surface area (Å²) < 4.78 is 0. The van der Waals surface area contributed by atoms with E-state index in [0.717, 1.165) is 43.7 Å². The summed E-state index contributed by atoms with van der Waals surface area (Å²) in [6, 6.07) is 5.43. The molecule has 0 saturated carbocycles. The maximum atomic E-state index is 10.9. The third-order valence-corrected chi connectivity index (χ3v) is 4.00. The Kier molecular flexibility index (Phi) is 5.17.